The Balaban J connectivity index is 2.22. The van der Waals surface area contributed by atoms with E-state index in [0.717, 1.165) is 0 Å². The Bertz CT molecular complexity index is 704. The molecule has 0 aromatic carbocycles. The van der Waals surface area contributed by atoms with Crippen LogP contribution in [0.15, 0.2) is 27.8 Å². The van der Waals surface area contributed by atoms with E-state index in [2.05, 4.69) is 9.82 Å². The molecular formula is C13H19N3O4S. The molecule has 1 unspecified atom stereocenters. The van der Waals surface area contributed by atoms with Crippen molar-refractivity contribution in [2.24, 2.45) is 0 Å². The number of aryl methyl sites for hydroxylation is 2. The van der Waals surface area contributed by atoms with Crippen LogP contribution >= 0.6 is 0 Å². The van der Waals surface area contributed by atoms with Crippen LogP contribution in [-0.2, 0) is 23.2 Å². The number of sulfonamides is 1. The number of rotatable bonds is 6. The molecule has 8 heteroatoms. The lowest BCUT2D eigenvalue weighted by Gasteiger charge is -2.14. The molecule has 0 spiro atoms. The zero-order valence-corrected chi connectivity index (χ0v) is 13.0. The van der Waals surface area contributed by atoms with E-state index in [0.29, 0.717) is 17.9 Å². The first-order chi connectivity index (χ1) is 9.85. The van der Waals surface area contributed by atoms with E-state index in [4.69, 9.17) is 4.42 Å². The van der Waals surface area contributed by atoms with Crippen LogP contribution in [0.2, 0.25) is 0 Å². The Morgan fingerprint density at radius 2 is 2.14 bits per heavy atom. The van der Waals surface area contributed by atoms with Gasteiger partial charge in [0.25, 0.3) is 0 Å². The van der Waals surface area contributed by atoms with Crippen LogP contribution in [0.25, 0.3) is 0 Å². The van der Waals surface area contributed by atoms with Gasteiger partial charge in [0, 0.05) is 24.0 Å². The molecule has 0 saturated carbocycles. The van der Waals surface area contributed by atoms with Crippen molar-refractivity contribution in [2.75, 3.05) is 0 Å². The number of furan rings is 1. The highest BCUT2D eigenvalue weighted by Crippen LogP contribution is 2.26. The van der Waals surface area contributed by atoms with Crippen LogP contribution < -0.4 is 4.72 Å². The van der Waals surface area contributed by atoms with Gasteiger partial charge < -0.3 is 9.52 Å². The van der Waals surface area contributed by atoms with E-state index in [1.165, 1.54) is 0 Å². The van der Waals surface area contributed by atoms with Crippen molar-refractivity contribution in [1.82, 2.24) is 14.5 Å². The average Bonchev–Trinajstić information content (AvgIpc) is 2.95. The van der Waals surface area contributed by atoms with Gasteiger partial charge in [0.1, 0.15) is 16.4 Å². The van der Waals surface area contributed by atoms with E-state index in [-0.39, 0.29) is 23.3 Å². The lowest BCUT2D eigenvalue weighted by molar-refractivity contribution is 0.276. The maximum absolute atomic E-state index is 12.5. The zero-order valence-electron chi connectivity index (χ0n) is 12.2. The van der Waals surface area contributed by atoms with Gasteiger partial charge in [-0.1, -0.05) is 0 Å². The molecular weight excluding hydrogens is 294 g/mol. The largest absolute Gasteiger partial charge is 0.465 e. The number of aliphatic hydroxyl groups excluding tert-OH is 1. The molecule has 0 aliphatic heterocycles. The molecule has 0 bridgehead atoms. The third-order valence-electron chi connectivity index (χ3n) is 3.13. The zero-order chi connectivity index (χ0) is 15.6. The Morgan fingerprint density at radius 1 is 1.43 bits per heavy atom. The van der Waals surface area contributed by atoms with Gasteiger partial charge in [-0.15, -0.1) is 0 Å². The van der Waals surface area contributed by atoms with Gasteiger partial charge in [-0.2, -0.15) is 5.10 Å². The Morgan fingerprint density at radius 3 is 2.71 bits per heavy atom. The summed E-state index contributed by atoms with van der Waals surface area (Å²) in [5.41, 5.74) is 0.297. The summed E-state index contributed by atoms with van der Waals surface area (Å²) in [4.78, 5) is 0.0230. The maximum Gasteiger partial charge on any atom is 0.244 e. The molecule has 0 radical (unpaired) electrons. The minimum atomic E-state index is -3.76. The third kappa shape index (κ3) is 3.34. The van der Waals surface area contributed by atoms with E-state index in [1.807, 2.05) is 0 Å². The van der Waals surface area contributed by atoms with Crippen LogP contribution in [-0.4, -0.2) is 29.3 Å². The number of aliphatic hydroxyl groups is 1. The van der Waals surface area contributed by atoms with Crippen molar-refractivity contribution in [3.63, 3.8) is 0 Å². The molecule has 0 aliphatic rings. The molecule has 0 amide bonds. The van der Waals surface area contributed by atoms with Crippen molar-refractivity contribution in [2.45, 2.75) is 44.9 Å². The summed E-state index contributed by atoms with van der Waals surface area (Å²) < 4.78 is 34.5. The van der Waals surface area contributed by atoms with Crippen molar-refractivity contribution in [1.29, 1.82) is 0 Å². The van der Waals surface area contributed by atoms with E-state index in [1.54, 1.807) is 43.9 Å². The SMILES string of the molecule is Cc1oc(C)c(S(=O)(=O)NC(C)Cn2cccn2)c1CO. The fourth-order valence-corrected chi connectivity index (χ4v) is 3.97. The molecule has 21 heavy (non-hydrogen) atoms. The quantitative estimate of drug-likeness (QED) is 0.827. The second kappa shape index (κ2) is 6.00. The predicted octanol–water partition coefficient (Wildman–Crippen LogP) is 0.952. The minimum Gasteiger partial charge on any atom is -0.465 e. The van der Waals surface area contributed by atoms with Crippen molar-refractivity contribution in [3.8, 4) is 0 Å². The molecule has 0 saturated heterocycles. The summed E-state index contributed by atoms with van der Waals surface area (Å²) in [6.07, 6.45) is 3.39. The Kier molecular flexibility index (Phi) is 4.50. The Hall–Kier alpha value is -1.64. The first kappa shape index (κ1) is 15.7. The minimum absolute atomic E-state index is 0.0230. The lowest BCUT2D eigenvalue weighted by atomic mass is 10.2. The topological polar surface area (TPSA) is 97.4 Å². The summed E-state index contributed by atoms with van der Waals surface area (Å²) in [5, 5.41) is 13.4. The summed E-state index contributed by atoms with van der Waals surface area (Å²) >= 11 is 0. The molecule has 1 atom stereocenters. The number of nitrogens with zero attached hydrogens (tertiary/aromatic N) is 2. The molecule has 2 aromatic heterocycles. The number of hydrogen-bond donors (Lipinski definition) is 2. The van der Waals surface area contributed by atoms with Gasteiger partial charge >= 0.3 is 0 Å². The number of nitrogens with one attached hydrogen (secondary N) is 1. The maximum atomic E-state index is 12.5. The first-order valence-electron chi connectivity index (χ1n) is 6.54. The van der Waals surface area contributed by atoms with Crippen LogP contribution in [0.5, 0.6) is 0 Å². The van der Waals surface area contributed by atoms with Gasteiger partial charge in [0.05, 0.1) is 13.2 Å². The molecule has 116 valence electrons. The van der Waals surface area contributed by atoms with Crippen molar-refractivity contribution < 1.29 is 17.9 Å². The number of aromatic nitrogens is 2. The standard InChI is InChI=1S/C13H19N3O4S/c1-9(7-16-6-4-5-14-16)15-21(18,19)13-11(3)20-10(2)12(13)8-17/h4-6,9,15,17H,7-8H2,1-3H3. The summed E-state index contributed by atoms with van der Waals surface area (Å²) in [5.74, 6) is 0.686. The highest BCUT2D eigenvalue weighted by atomic mass is 32.2. The molecule has 7 nitrogen and oxygen atoms in total. The summed E-state index contributed by atoms with van der Waals surface area (Å²) in [6, 6.07) is 1.42. The smallest absolute Gasteiger partial charge is 0.244 e. The summed E-state index contributed by atoms with van der Waals surface area (Å²) in [6.45, 7) is 4.98. The molecule has 2 heterocycles. The molecule has 2 rings (SSSR count). The normalized spacial score (nSPS) is 13.5. The first-order valence-corrected chi connectivity index (χ1v) is 8.03. The predicted molar refractivity (Wildman–Crippen MR) is 76.1 cm³/mol. The summed E-state index contributed by atoms with van der Waals surface area (Å²) in [7, 11) is -3.76. The van der Waals surface area contributed by atoms with Crippen molar-refractivity contribution in [3.05, 3.63) is 35.5 Å². The monoisotopic (exact) mass is 313 g/mol. The lowest BCUT2D eigenvalue weighted by Crippen LogP contribution is -2.36. The van der Waals surface area contributed by atoms with Gasteiger partial charge in [0.15, 0.2) is 0 Å². The van der Waals surface area contributed by atoms with E-state index < -0.39 is 10.0 Å². The highest BCUT2D eigenvalue weighted by molar-refractivity contribution is 7.89. The van der Waals surface area contributed by atoms with Crippen LogP contribution in [0.4, 0.5) is 0 Å². The van der Waals surface area contributed by atoms with Crippen LogP contribution in [0.1, 0.15) is 24.0 Å². The molecule has 0 aliphatic carbocycles. The number of hydrogen-bond acceptors (Lipinski definition) is 5. The van der Waals surface area contributed by atoms with Crippen LogP contribution in [0.3, 0.4) is 0 Å². The molecule has 0 fully saturated rings. The molecule has 2 aromatic rings. The van der Waals surface area contributed by atoms with Gasteiger partial charge in [-0.25, -0.2) is 13.1 Å². The van der Waals surface area contributed by atoms with Gasteiger partial charge in [-0.3, -0.25) is 4.68 Å². The van der Waals surface area contributed by atoms with E-state index >= 15 is 0 Å². The van der Waals surface area contributed by atoms with Crippen LogP contribution in [0, 0.1) is 13.8 Å². The third-order valence-corrected chi connectivity index (χ3v) is 4.91. The van der Waals surface area contributed by atoms with E-state index in [9.17, 15) is 13.5 Å². The van der Waals surface area contributed by atoms with Crippen molar-refractivity contribution >= 4 is 10.0 Å². The Labute approximate surface area is 123 Å². The average molecular weight is 313 g/mol. The second-order valence-electron chi connectivity index (χ2n) is 4.93. The molecule has 2 N–H and O–H groups in total. The fraction of sp³-hybridized carbons (Fsp3) is 0.462. The second-order valence-corrected chi connectivity index (χ2v) is 6.58. The van der Waals surface area contributed by atoms with Gasteiger partial charge in [0.2, 0.25) is 10.0 Å². The fourth-order valence-electron chi connectivity index (χ4n) is 2.29. The highest BCUT2D eigenvalue weighted by Gasteiger charge is 2.27. The van der Waals surface area contributed by atoms with Gasteiger partial charge in [-0.05, 0) is 26.8 Å².